The molecule has 0 spiro atoms. The number of nitrogens with zero attached hydrogens (tertiary/aromatic N) is 2. The van der Waals surface area contributed by atoms with Crippen LogP contribution in [0.3, 0.4) is 0 Å². The highest BCUT2D eigenvalue weighted by molar-refractivity contribution is 6.13. The molecule has 23 heavy (non-hydrogen) atoms. The van der Waals surface area contributed by atoms with Crippen molar-refractivity contribution in [1.29, 1.82) is 0 Å². The molecule has 0 unspecified atom stereocenters. The van der Waals surface area contributed by atoms with Crippen LogP contribution < -0.4 is 10.2 Å². The van der Waals surface area contributed by atoms with Gasteiger partial charge in [-0.25, -0.2) is 5.43 Å². The zero-order valence-corrected chi connectivity index (χ0v) is 12.6. The molecule has 118 valence electrons. The predicted octanol–water partition coefficient (Wildman–Crippen LogP) is 2.49. The van der Waals surface area contributed by atoms with Crippen LogP contribution in [0.4, 0.5) is 5.69 Å². The number of hydrogen-bond acceptors (Lipinski definition) is 5. The Morgan fingerprint density at radius 2 is 1.87 bits per heavy atom. The Morgan fingerprint density at radius 3 is 2.43 bits per heavy atom. The first-order valence-electron chi connectivity index (χ1n) is 6.75. The van der Waals surface area contributed by atoms with Crippen molar-refractivity contribution >= 4 is 17.3 Å². The summed E-state index contributed by atoms with van der Waals surface area (Å²) in [6, 6.07) is 13.1. The van der Waals surface area contributed by atoms with Crippen LogP contribution in [-0.2, 0) is 4.79 Å². The van der Waals surface area contributed by atoms with Gasteiger partial charge in [-0.2, -0.15) is 5.10 Å². The minimum absolute atomic E-state index is 0.0155. The number of rotatable bonds is 5. The highest BCUT2D eigenvalue weighted by atomic mass is 16.6. The lowest BCUT2D eigenvalue weighted by molar-refractivity contribution is -0.384. The maximum Gasteiger partial charge on any atom is 0.269 e. The Labute approximate surface area is 132 Å². The fourth-order valence-electron chi connectivity index (χ4n) is 1.94. The molecule has 1 amide bonds. The number of hydrazone groups is 1. The molecule has 1 N–H and O–H groups in total. The Balaban J connectivity index is 2.47. The molecule has 7 heteroatoms. The molecular formula is C16H15N3O4. The molecule has 0 heterocycles. The molecule has 2 aromatic carbocycles. The summed E-state index contributed by atoms with van der Waals surface area (Å²) >= 11 is 0. The summed E-state index contributed by atoms with van der Waals surface area (Å²) in [6.45, 7) is 1.35. The molecule has 2 rings (SSSR count). The van der Waals surface area contributed by atoms with Crippen molar-refractivity contribution in [3.05, 3.63) is 69.8 Å². The molecule has 0 saturated carbocycles. The van der Waals surface area contributed by atoms with Gasteiger partial charge >= 0.3 is 0 Å². The van der Waals surface area contributed by atoms with E-state index in [9.17, 15) is 14.9 Å². The average Bonchev–Trinajstić information content (AvgIpc) is 2.55. The van der Waals surface area contributed by atoms with Gasteiger partial charge in [0.1, 0.15) is 5.75 Å². The Morgan fingerprint density at radius 1 is 1.17 bits per heavy atom. The van der Waals surface area contributed by atoms with E-state index in [0.29, 0.717) is 22.6 Å². The molecule has 0 fully saturated rings. The largest absolute Gasteiger partial charge is 0.497 e. The number of nitrogens with one attached hydrogen (secondary N) is 1. The number of carbonyl (C=O) groups is 1. The van der Waals surface area contributed by atoms with E-state index in [1.807, 2.05) is 6.07 Å². The van der Waals surface area contributed by atoms with Crippen molar-refractivity contribution in [2.45, 2.75) is 6.92 Å². The Hall–Kier alpha value is -3.22. The smallest absolute Gasteiger partial charge is 0.269 e. The molecule has 2 aromatic rings. The molecule has 0 bridgehead atoms. The van der Waals surface area contributed by atoms with Gasteiger partial charge in [0.15, 0.2) is 0 Å². The van der Waals surface area contributed by atoms with E-state index in [0.717, 1.165) is 0 Å². The number of nitro groups is 1. The summed E-state index contributed by atoms with van der Waals surface area (Å²) in [7, 11) is 1.55. The van der Waals surface area contributed by atoms with Gasteiger partial charge in [-0.3, -0.25) is 14.9 Å². The standard InChI is InChI=1S/C16H15N3O4/c1-11(20)17-18-16(13-4-3-5-15(10-13)23-2)12-6-8-14(9-7-12)19(21)22/h3-10H,1-2H3,(H,17,20). The maximum absolute atomic E-state index is 11.1. The predicted molar refractivity (Wildman–Crippen MR) is 85.5 cm³/mol. The normalized spacial score (nSPS) is 11.0. The quantitative estimate of drug-likeness (QED) is 0.521. The number of hydrogen-bond donors (Lipinski definition) is 1. The molecule has 0 aliphatic rings. The lowest BCUT2D eigenvalue weighted by atomic mass is 10.0. The van der Waals surface area contributed by atoms with Crippen molar-refractivity contribution in [1.82, 2.24) is 5.43 Å². The van der Waals surface area contributed by atoms with Crippen LogP contribution in [-0.4, -0.2) is 23.7 Å². The highest BCUT2D eigenvalue weighted by Gasteiger charge is 2.11. The first kappa shape index (κ1) is 16.2. The van der Waals surface area contributed by atoms with Crippen LogP contribution in [0.25, 0.3) is 0 Å². The molecule has 0 atom stereocenters. The lowest BCUT2D eigenvalue weighted by Crippen LogP contribution is -2.17. The number of benzene rings is 2. The Bertz CT molecular complexity index is 754. The van der Waals surface area contributed by atoms with E-state index >= 15 is 0 Å². The second-order valence-electron chi connectivity index (χ2n) is 4.66. The van der Waals surface area contributed by atoms with Crippen LogP contribution in [0.15, 0.2) is 53.6 Å². The van der Waals surface area contributed by atoms with Crippen molar-refractivity contribution in [2.75, 3.05) is 7.11 Å². The second kappa shape index (κ2) is 7.17. The molecule has 0 aromatic heterocycles. The summed E-state index contributed by atoms with van der Waals surface area (Å²) in [5.41, 5.74) is 4.21. The van der Waals surface area contributed by atoms with Gasteiger partial charge in [0.25, 0.3) is 5.69 Å². The van der Waals surface area contributed by atoms with Gasteiger partial charge in [0.2, 0.25) is 5.91 Å². The molecular weight excluding hydrogens is 298 g/mol. The summed E-state index contributed by atoms with van der Waals surface area (Å²) in [4.78, 5) is 21.4. The summed E-state index contributed by atoms with van der Waals surface area (Å²) < 4.78 is 5.19. The number of ether oxygens (including phenoxy) is 1. The minimum atomic E-state index is -0.472. The van der Waals surface area contributed by atoms with Crippen molar-refractivity contribution in [3.63, 3.8) is 0 Å². The topological polar surface area (TPSA) is 93.8 Å². The van der Waals surface area contributed by atoms with Crippen molar-refractivity contribution in [3.8, 4) is 5.75 Å². The van der Waals surface area contributed by atoms with Gasteiger partial charge in [-0.1, -0.05) is 12.1 Å². The Kier molecular flexibility index (Phi) is 5.03. The molecule has 0 aliphatic carbocycles. The van der Waals surface area contributed by atoms with Gasteiger partial charge in [-0.15, -0.1) is 0 Å². The maximum atomic E-state index is 11.1. The van der Waals surface area contributed by atoms with Gasteiger partial charge in [-0.05, 0) is 24.3 Å². The zero-order chi connectivity index (χ0) is 16.8. The summed E-state index contributed by atoms with van der Waals surface area (Å²) in [6.07, 6.45) is 0. The van der Waals surface area contributed by atoms with Crippen molar-refractivity contribution in [2.24, 2.45) is 5.10 Å². The van der Waals surface area contributed by atoms with Crippen LogP contribution in [0.1, 0.15) is 18.1 Å². The van der Waals surface area contributed by atoms with E-state index in [1.54, 1.807) is 37.4 Å². The van der Waals surface area contributed by atoms with Crippen LogP contribution >= 0.6 is 0 Å². The van der Waals surface area contributed by atoms with E-state index in [1.165, 1.54) is 19.1 Å². The van der Waals surface area contributed by atoms with E-state index < -0.39 is 4.92 Å². The van der Waals surface area contributed by atoms with E-state index in [2.05, 4.69) is 10.5 Å². The number of methoxy groups -OCH3 is 1. The number of amides is 1. The molecule has 0 aliphatic heterocycles. The van der Waals surface area contributed by atoms with Gasteiger partial charge in [0.05, 0.1) is 17.7 Å². The first-order valence-corrected chi connectivity index (χ1v) is 6.75. The highest BCUT2D eigenvalue weighted by Crippen LogP contribution is 2.19. The molecule has 0 radical (unpaired) electrons. The van der Waals surface area contributed by atoms with E-state index in [-0.39, 0.29) is 11.6 Å². The van der Waals surface area contributed by atoms with E-state index in [4.69, 9.17) is 4.74 Å². The fourth-order valence-corrected chi connectivity index (χ4v) is 1.94. The van der Waals surface area contributed by atoms with Crippen molar-refractivity contribution < 1.29 is 14.5 Å². The number of non-ortho nitro benzene ring substituents is 1. The third-order valence-corrected chi connectivity index (χ3v) is 3.02. The minimum Gasteiger partial charge on any atom is -0.497 e. The number of nitro benzene ring substituents is 1. The van der Waals surface area contributed by atoms with Crippen LogP contribution in [0.5, 0.6) is 5.75 Å². The third kappa shape index (κ3) is 4.13. The SMILES string of the molecule is COc1cccc(C(=NNC(C)=O)c2ccc([N+](=O)[O-])cc2)c1. The third-order valence-electron chi connectivity index (χ3n) is 3.02. The molecule has 7 nitrogen and oxygen atoms in total. The zero-order valence-electron chi connectivity index (χ0n) is 12.6. The second-order valence-corrected chi connectivity index (χ2v) is 4.66. The summed E-state index contributed by atoms with van der Waals surface area (Å²) in [5.74, 6) is 0.326. The monoisotopic (exact) mass is 313 g/mol. The van der Waals surface area contributed by atoms with Gasteiger partial charge < -0.3 is 4.74 Å². The number of carbonyl (C=O) groups excluding carboxylic acids is 1. The summed E-state index contributed by atoms with van der Waals surface area (Å²) in [5, 5.41) is 14.9. The lowest BCUT2D eigenvalue weighted by Gasteiger charge is -2.09. The average molecular weight is 313 g/mol. The first-order chi connectivity index (χ1) is 11.0. The fraction of sp³-hybridized carbons (Fsp3) is 0.125. The van der Waals surface area contributed by atoms with Crippen LogP contribution in [0.2, 0.25) is 0 Å². The van der Waals surface area contributed by atoms with Gasteiger partial charge in [0, 0.05) is 30.2 Å². The van der Waals surface area contributed by atoms with Crippen LogP contribution in [0, 0.1) is 10.1 Å². The molecule has 0 saturated heterocycles.